The minimum atomic E-state index is -0.561. The molecule has 0 aliphatic carbocycles. The molecule has 144 valence electrons. The Bertz CT molecular complexity index is 1010. The third kappa shape index (κ3) is 3.96. The summed E-state index contributed by atoms with van der Waals surface area (Å²) in [6.45, 7) is 0. The highest BCUT2D eigenvalue weighted by molar-refractivity contribution is 9.10. The van der Waals surface area contributed by atoms with Gasteiger partial charge in [0.1, 0.15) is 5.57 Å². The first-order valence-electron chi connectivity index (χ1n) is 7.94. The van der Waals surface area contributed by atoms with Crippen molar-refractivity contribution in [3.63, 3.8) is 0 Å². The van der Waals surface area contributed by atoms with Crippen molar-refractivity contribution >= 4 is 72.8 Å². The number of benzene rings is 2. The fourth-order valence-electron chi connectivity index (χ4n) is 2.67. The van der Waals surface area contributed by atoms with E-state index in [4.69, 9.17) is 21.7 Å². The number of carbonyl (C=O) groups excluding carboxylic acids is 2. The number of carbonyl (C=O) groups is 2. The van der Waals surface area contributed by atoms with Gasteiger partial charge in [-0.2, -0.15) is 0 Å². The van der Waals surface area contributed by atoms with Crippen LogP contribution in [0.4, 0.5) is 5.69 Å². The van der Waals surface area contributed by atoms with Crippen molar-refractivity contribution in [2.45, 2.75) is 0 Å². The van der Waals surface area contributed by atoms with E-state index < -0.39 is 11.8 Å². The van der Waals surface area contributed by atoms with Crippen molar-refractivity contribution < 1.29 is 19.1 Å². The molecule has 1 heterocycles. The largest absolute Gasteiger partial charge is 0.493 e. The van der Waals surface area contributed by atoms with Crippen LogP contribution in [0.1, 0.15) is 5.56 Å². The SMILES string of the molecule is COc1cc(/C=C2/C(=O)NC(=S)N(c3ccc(Br)cc3)C2=O)cc(Br)c1OC. The lowest BCUT2D eigenvalue weighted by molar-refractivity contribution is -0.122. The first-order valence-corrected chi connectivity index (χ1v) is 9.93. The van der Waals surface area contributed by atoms with Crippen molar-refractivity contribution in [2.24, 2.45) is 0 Å². The van der Waals surface area contributed by atoms with E-state index in [1.165, 1.54) is 25.2 Å². The molecule has 9 heteroatoms. The molecule has 2 amide bonds. The molecular formula is C19H14Br2N2O4S. The Morgan fingerprint density at radius 1 is 1.07 bits per heavy atom. The Balaban J connectivity index is 2.04. The van der Waals surface area contributed by atoms with Crippen LogP contribution in [0.3, 0.4) is 0 Å². The number of hydrogen-bond acceptors (Lipinski definition) is 5. The molecule has 28 heavy (non-hydrogen) atoms. The number of rotatable bonds is 4. The summed E-state index contributed by atoms with van der Waals surface area (Å²) in [6.07, 6.45) is 1.48. The maximum absolute atomic E-state index is 13.0. The molecule has 3 rings (SSSR count). The molecule has 1 N–H and O–H groups in total. The van der Waals surface area contributed by atoms with Gasteiger partial charge in [-0.15, -0.1) is 0 Å². The Labute approximate surface area is 183 Å². The maximum atomic E-state index is 13.0. The van der Waals surface area contributed by atoms with Crippen LogP contribution in [0.15, 0.2) is 50.9 Å². The number of halogens is 2. The highest BCUT2D eigenvalue weighted by atomic mass is 79.9. The lowest BCUT2D eigenvalue weighted by atomic mass is 10.1. The van der Waals surface area contributed by atoms with Crippen LogP contribution < -0.4 is 19.7 Å². The molecule has 1 fully saturated rings. The predicted molar refractivity (Wildman–Crippen MR) is 118 cm³/mol. The lowest BCUT2D eigenvalue weighted by Crippen LogP contribution is -2.54. The molecule has 0 bridgehead atoms. The predicted octanol–water partition coefficient (Wildman–Crippen LogP) is 4.06. The molecule has 1 aliphatic rings. The van der Waals surface area contributed by atoms with E-state index in [9.17, 15) is 9.59 Å². The van der Waals surface area contributed by atoms with Gasteiger partial charge in [-0.25, -0.2) is 0 Å². The standard InChI is InChI=1S/C19H14Br2N2O4S/c1-26-15-9-10(8-14(21)16(15)27-2)7-13-17(24)22-19(28)23(18(13)25)12-5-3-11(20)4-6-12/h3-9H,1-2H3,(H,22,24,28)/b13-7-. The van der Waals surface area contributed by atoms with Gasteiger partial charge in [-0.1, -0.05) is 15.9 Å². The fourth-order valence-corrected chi connectivity index (χ4v) is 3.84. The van der Waals surface area contributed by atoms with Gasteiger partial charge < -0.3 is 9.47 Å². The van der Waals surface area contributed by atoms with Gasteiger partial charge in [0.15, 0.2) is 16.6 Å². The highest BCUT2D eigenvalue weighted by Gasteiger charge is 2.34. The summed E-state index contributed by atoms with van der Waals surface area (Å²) in [7, 11) is 3.03. The molecule has 2 aromatic carbocycles. The van der Waals surface area contributed by atoms with E-state index in [1.807, 2.05) is 0 Å². The number of methoxy groups -OCH3 is 2. The van der Waals surface area contributed by atoms with Crippen molar-refractivity contribution in [3.05, 3.63) is 56.5 Å². The molecule has 0 atom stereocenters. The van der Waals surface area contributed by atoms with Crippen molar-refractivity contribution in [3.8, 4) is 11.5 Å². The number of anilines is 1. The topological polar surface area (TPSA) is 67.9 Å². The van der Waals surface area contributed by atoms with Crippen LogP contribution in [-0.2, 0) is 9.59 Å². The van der Waals surface area contributed by atoms with E-state index in [0.717, 1.165) is 4.47 Å². The van der Waals surface area contributed by atoms with Crippen molar-refractivity contribution in [1.82, 2.24) is 5.32 Å². The average molecular weight is 526 g/mol. The molecule has 1 aliphatic heterocycles. The molecule has 0 radical (unpaired) electrons. The van der Waals surface area contributed by atoms with E-state index in [1.54, 1.807) is 36.4 Å². The molecule has 1 saturated heterocycles. The Hall–Kier alpha value is -2.23. The summed E-state index contributed by atoms with van der Waals surface area (Å²) in [4.78, 5) is 26.7. The quantitative estimate of drug-likeness (QED) is 0.370. The molecule has 0 spiro atoms. The molecule has 0 saturated carbocycles. The first kappa shape index (κ1) is 20.5. The van der Waals surface area contributed by atoms with E-state index in [2.05, 4.69) is 37.2 Å². The fraction of sp³-hybridized carbons (Fsp3) is 0.105. The number of nitrogens with zero attached hydrogens (tertiary/aromatic N) is 1. The van der Waals surface area contributed by atoms with Gasteiger partial charge >= 0.3 is 0 Å². The lowest BCUT2D eigenvalue weighted by Gasteiger charge is -2.29. The molecular weight excluding hydrogens is 512 g/mol. The van der Waals surface area contributed by atoms with Crippen LogP contribution in [0.5, 0.6) is 11.5 Å². The zero-order valence-electron chi connectivity index (χ0n) is 14.8. The van der Waals surface area contributed by atoms with Crippen LogP contribution in [-0.4, -0.2) is 31.1 Å². The third-order valence-electron chi connectivity index (χ3n) is 3.95. The Morgan fingerprint density at radius 2 is 1.75 bits per heavy atom. The van der Waals surface area contributed by atoms with Crippen molar-refractivity contribution in [1.29, 1.82) is 0 Å². The molecule has 2 aromatic rings. The zero-order chi connectivity index (χ0) is 20.4. The van der Waals surface area contributed by atoms with Crippen LogP contribution >= 0.6 is 44.1 Å². The second-order valence-electron chi connectivity index (χ2n) is 5.67. The highest BCUT2D eigenvalue weighted by Crippen LogP contribution is 2.37. The van der Waals surface area contributed by atoms with Gasteiger partial charge in [-0.3, -0.25) is 19.8 Å². The summed E-state index contributed by atoms with van der Waals surface area (Å²) < 4.78 is 12.1. The monoisotopic (exact) mass is 524 g/mol. The average Bonchev–Trinajstić information content (AvgIpc) is 2.66. The second-order valence-corrected chi connectivity index (χ2v) is 7.83. The van der Waals surface area contributed by atoms with Gasteiger partial charge in [0.25, 0.3) is 11.8 Å². The Kier molecular flexibility index (Phi) is 6.17. The van der Waals surface area contributed by atoms with Gasteiger partial charge in [0, 0.05) is 4.47 Å². The van der Waals surface area contributed by atoms with E-state index in [-0.39, 0.29) is 10.7 Å². The second kappa shape index (κ2) is 8.42. The normalized spacial score (nSPS) is 15.6. The van der Waals surface area contributed by atoms with E-state index >= 15 is 0 Å². The number of amides is 2. The molecule has 6 nitrogen and oxygen atoms in total. The smallest absolute Gasteiger partial charge is 0.270 e. The van der Waals surface area contributed by atoms with Gasteiger partial charge in [0.05, 0.1) is 24.4 Å². The first-order chi connectivity index (χ1) is 13.3. The summed E-state index contributed by atoms with van der Waals surface area (Å²) in [6, 6.07) is 10.4. The zero-order valence-corrected chi connectivity index (χ0v) is 18.8. The summed E-state index contributed by atoms with van der Waals surface area (Å²) >= 11 is 12.0. The molecule has 0 aromatic heterocycles. The van der Waals surface area contributed by atoms with Crippen LogP contribution in [0, 0.1) is 0 Å². The summed E-state index contributed by atoms with van der Waals surface area (Å²) in [5.41, 5.74) is 1.10. The maximum Gasteiger partial charge on any atom is 0.270 e. The number of hydrogen-bond donors (Lipinski definition) is 1. The third-order valence-corrected chi connectivity index (χ3v) is 5.36. The number of nitrogens with one attached hydrogen (secondary N) is 1. The van der Waals surface area contributed by atoms with E-state index in [0.29, 0.717) is 27.2 Å². The minimum Gasteiger partial charge on any atom is -0.493 e. The van der Waals surface area contributed by atoms with Crippen LogP contribution in [0.25, 0.3) is 6.08 Å². The van der Waals surface area contributed by atoms with Crippen molar-refractivity contribution in [2.75, 3.05) is 19.1 Å². The number of ether oxygens (including phenoxy) is 2. The summed E-state index contributed by atoms with van der Waals surface area (Å²) in [5, 5.41) is 2.59. The van der Waals surface area contributed by atoms with Gasteiger partial charge in [-0.05, 0) is 76.2 Å². The molecule has 0 unspecified atom stereocenters. The minimum absolute atomic E-state index is 0.0305. The number of thiocarbonyl (C=S) groups is 1. The van der Waals surface area contributed by atoms with Gasteiger partial charge in [0.2, 0.25) is 0 Å². The summed E-state index contributed by atoms with van der Waals surface area (Å²) in [5.74, 6) is -0.0920. The van der Waals surface area contributed by atoms with Crippen LogP contribution in [0.2, 0.25) is 0 Å². The Morgan fingerprint density at radius 3 is 2.36 bits per heavy atom.